The molecule has 1 aromatic carbocycles. The van der Waals surface area contributed by atoms with Crippen LogP contribution in [0.5, 0.6) is 5.75 Å². The van der Waals surface area contributed by atoms with Gasteiger partial charge in [-0.25, -0.2) is 0 Å². The van der Waals surface area contributed by atoms with E-state index in [1.807, 2.05) is 0 Å². The van der Waals surface area contributed by atoms with Gasteiger partial charge in [-0.3, -0.25) is 10.1 Å². The van der Waals surface area contributed by atoms with Crippen molar-refractivity contribution < 1.29 is 50.1 Å². The second-order valence-electron chi connectivity index (χ2n) is 8.03. The third kappa shape index (κ3) is 4.81. The summed E-state index contributed by atoms with van der Waals surface area (Å²) < 4.78 is 10.6. The van der Waals surface area contributed by atoms with E-state index >= 15 is 0 Å². The van der Waals surface area contributed by atoms with Crippen LogP contribution in [0.1, 0.15) is 12.8 Å². The van der Waals surface area contributed by atoms with Crippen molar-refractivity contribution in [2.24, 2.45) is 17.8 Å². The van der Waals surface area contributed by atoms with Crippen LogP contribution in [-0.4, -0.2) is 90.4 Å². The molecule has 31 heavy (non-hydrogen) atoms. The maximum absolute atomic E-state index is 11.1. The number of ether oxygens (including phenoxy) is 2. The molecule has 1 saturated carbocycles. The van der Waals surface area contributed by atoms with Crippen LogP contribution in [0.3, 0.4) is 0 Å². The number of nitro groups is 1. The normalized spacial score (nSPS) is 41.0. The average Bonchev–Trinajstić information content (AvgIpc) is 2.75. The van der Waals surface area contributed by atoms with Crippen molar-refractivity contribution in [2.45, 2.75) is 55.9 Å². The minimum Gasteiger partial charge on any atom is -0.455 e. The summed E-state index contributed by atoms with van der Waals surface area (Å²) in [5.74, 6) is -2.74. The molecule has 1 aromatic rings. The van der Waals surface area contributed by atoms with E-state index in [0.29, 0.717) is 0 Å². The maximum atomic E-state index is 11.1. The summed E-state index contributed by atoms with van der Waals surface area (Å²) >= 11 is 0. The van der Waals surface area contributed by atoms with E-state index in [2.05, 4.69) is 0 Å². The number of para-hydroxylation sites is 2. The zero-order valence-corrected chi connectivity index (χ0v) is 16.4. The van der Waals surface area contributed by atoms with E-state index in [4.69, 9.17) is 9.47 Å². The third-order valence-electron chi connectivity index (χ3n) is 6.09. The highest BCUT2D eigenvalue weighted by Gasteiger charge is 2.49. The first-order valence-corrected chi connectivity index (χ1v) is 9.90. The summed E-state index contributed by atoms with van der Waals surface area (Å²) in [7, 11) is 0. The lowest BCUT2D eigenvalue weighted by molar-refractivity contribution is -0.387. The molecule has 2 aliphatic rings. The van der Waals surface area contributed by atoms with Crippen LogP contribution >= 0.6 is 0 Å². The topological polar surface area (TPSA) is 203 Å². The number of rotatable bonds is 6. The summed E-state index contributed by atoms with van der Waals surface area (Å²) in [6.45, 7) is -0.428. The van der Waals surface area contributed by atoms with E-state index in [1.165, 1.54) is 24.3 Å². The molecule has 0 spiro atoms. The molecule has 1 heterocycles. The molecular formula is C19H27NO11. The molecule has 174 valence electrons. The second-order valence-corrected chi connectivity index (χ2v) is 8.03. The summed E-state index contributed by atoms with van der Waals surface area (Å²) in [6, 6.07) is 5.35. The molecule has 1 aliphatic heterocycles. The molecule has 0 radical (unpaired) electrons. The van der Waals surface area contributed by atoms with Crippen LogP contribution in [0, 0.1) is 27.9 Å². The van der Waals surface area contributed by atoms with Gasteiger partial charge in [0.1, 0.15) is 12.2 Å². The highest BCUT2D eigenvalue weighted by Crippen LogP contribution is 2.39. The molecule has 10 atom stereocenters. The van der Waals surface area contributed by atoms with Crippen LogP contribution in [0.4, 0.5) is 5.69 Å². The maximum Gasteiger partial charge on any atom is 0.311 e. The van der Waals surface area contributed by atoms with Gasteiger partial charge in [0.15, 0.2) is 12.0 Å². The van der Waals surface area contributed by atoms with Crippen molar-refractivity contribution in [1.82, 2.24) is 0 Å². The first-order valence-electron chi connectivity index (χ1n) is 9.90. The van der Waals surface area contributed by atoms with Crippen LogP contribution < -0.4 is 4.74 Å². The fourth-order valence-electron chi connectivity index (χ4n) is 4.28. The molecule has 0 aromatic heterocycles. The lowest BCUT2D eigenvalue weighted by Crippen LogP contribution is -2.58. The molecular weight excluding hydrogens is 418 g/mol. The average molecular weight is 445 g/mol. The summed E-state index contributed by atoms with van der Waals surface area (Å²) in [5.41, 5.74) is -0.391. The van der Waals surface area contributed by atoms with Crippen LogP contribution in [0.2, 0.25) is 0 Å². The number of benzene rings is 1. The Hall–Kier alpha value is -1.90. The predicted molar refractivity (Wildman–Crippen MR) is 101 cm³/mol. The van der Waals surface area contributed by atoms with Crippen molar-refractivity contribution in [2.75, 3.05) is 6.61 Å². The SMILES string of the molecule is O=[N+]([O-])c1ccccc1O[C@@H]1O[C@H](O)[C@@H](C[C@@H]2C[C@H](CO)[C@@H](O)[C@H](O)[C@H]2O)[C@H](O)[C@H]1O. The Balaban J connectivity index is 1.71. The van der Waals surface area contributed by atoms with Gasteiger partial charge < -0.3 is 45.2 Å². The van der Waals surface area contributed by atoms with Gasteiger partial charge in [0.25, 0.3) is 0 Å². The zero-order valence-electron chi connectivity index (χ0n) is 16.4. The lowest BCUT2D eigenvalue weighted by Gasteiger charge is -2.45. The molecule has 2 fully saturated rings. The van der Waals surface area contributed by atoms with Gasteiger partial charge in [-0.1, -0.05) is 12.1 Å². The Kier molecular flexibility index (Phi) is 7.44. The van der Waals surface area contributed by atoms with Crippen molar-refractivity contribution in [3.63, 3.8) is 0 Å². The highest BCUT2D eigenvalue weighted by molar-refractivity contribution is 5.45. The summed E-state index contributed by atoms with van der Waals surface area (Å²) in [6.07, 6.45) is -10.7. The Labute approximate surface area is 177 Å². The number of nitrogens with zero attached hydrogens (tertiary/aromatic N) is 1. The zero-order chi connectivity index (χ0) is 22.9. The van der Waals surface area contributed by atoms with E-state index < -0.39 is 78.1 Å². The van der Waals surface area contributed by atoms with Gasteiger partial charge in [0, 0.05) is 24.5 Å². The van der Waals surface area contributed by atoms with Gasteiger partial charge in [0.2, 0.25) is 6.29 Å². The highest BCUT2D eigenvalue weighted by atomic mass is 16.7. The van der Waals surface area contributed by atoms with Gasteiger partial charge in [-0.15, -0.1) is 0 Å². The van der Waals surface area contributed by atoms with Crippen molar-refractivity contribution in [3.05, 3.63) is 34.4 Å². The summed E-state index contributed by atoms with van der Waals surface area (Å²) in [4.78, 5) is 10.4. The van der Waals surface area contributed by atoms with Gasteiger partial charge in [-0.2, -0.15) is 0 Å². The molecule has 7 N–H and O–H groups in total. The third-order valence-corrected chi connectivity index (χ3v) is 6.09. The van der Waals surface area contributed by atoms with Crippen LogP contribution in [0.15, 0.2) is 24.3 Å². The molecule has 12 nitrogen and oxygen atoms in total. The Morgan fingerprint density at radius 1 is 0.968 bits per heavy atom. The van der Waals surface area contributed by atoms with Gasteiger partial charge >= 0.3 is 5.69 Å². The van der Waals surface area contributed by atoms with Gasteiger partial charge in [0.05, 0.1) is 23.2 Å². The fraction of sp³-hybridized carbons (Fsp3) is 0.684. The number of nitro benzene ring substituents is 1. The van der Waals surface area contributed by atoms with E-state index in [9.17, 15) is 45.9 Å². The Morgan fingerprint density at radius 3 is 2.26 bits per heavy atom. The minimum absolute atomic E-state index is 0.0982. The largest absolute Gasteiger partial charge is 0.455 e. The molecule has 0 amide bonds. The van der Waals surface area contributed by atoms with Crippen LogP contribution in [-0.2, 0) is 4.74 Å². The van der Waals surface area contributed by atoms with Crippen molar-refractivity contribution in [3.8, 4) is 5.75 Å². The number of hydrogen-bond acceptors (Lipinski definition) is 11. The first-order chi connectivity index (χ1) is 14.6. The molecule has 1 saturated heterocycles. The number of aliphatic hydroxyl groups excluding tert-OH is 7. The standard InChI is InChI=1S/C19H27NO11/c21-7-9-5-8(13(22)16(25)14(9)23)6-10-15(24)17(26)19(31-18(10)27)30-12-4-2-1-3-11(12)20(28)29/h1-4,8-10,13-19,21-27H,5-7H2/t8-,9+,10-,13-,14+,15-,16+,17+,18-,19+/m0/s1. The Bertz CT molecular complexity index is 762. The van der Waals surface area contributed by atoms with Gasteiger partial charge in [-0.05, 0) is 24.8 Å². The van der Waals surface area contributed by atoms with Crippen LogP contribution in [0.25, 0.3) is 0 Å². The molecule has 12 heteroatoms. The summed E-state index contributed by atoms with van der Waals surface area (Å²) in [5, 5.41) is 82.1. The first kappa shape index (κ1) is 23.8. The van der Waals surface area contributed by atoms with Crippen molar-refractivity contribution in [1.29, 1.82) is 0 Å². The van der Waals surface area contributed by atoms with E-state index in [-0.39, 0.29) is 18.6 Å². The Morgan fingerprint density at radius 2 is 1.61 bits per heavy atom. The second kappa shape index (κ2) is 9.71. The minimum atomic E-state index is -1.68. The smallest absolute Gasteiger partial charge is 0.311 e. The molecule has 0 unspecified atom stereocenters. The molecule has 0 bridgehead atoms. The quantitative estimate of drug-likeness (QED) is 0.190. The van der Waals surface area contributed by atoms with E-state index in [1.54, 1.807) is 0 Å². The fourth-order valence-corrected chi connectivity index (χ4v) is 4.28. The lowest BCUT2D eigenvalue weighted by atomic mass is 9.71. The predicted octanol–water partition coefficient (Wildman–Crippen LogP) is -1.91. The monoisotopic (exact) mass is 445 g/mol. The van der Waals surface area contributed by atoms with E-state index in [0.717, 1.165) is 0 Å². The number of hydrogen-bond donors (Lipinski definition) is 7. The molecule has 1 aliphatic carbocycles. The number of aliphatic hydroxyl groups is 7. The molecule has 3 rings (SSSR count). The van der Waals surface area contributed by atoms with Crippen molar-refractivity contribution >= 4 is 5.69 Å².